The molecule has 0 unspecified atom stereocenters. The normalized spacial score (nSPS) is 12.5. The zero-order valence-corrected chi connectivity index (χ0v) is 31.6. The first-order valence-corrected chi connectivity index (χ1v) is 18.1. The van der Waals surface area contributed by atoms with Crippen molar-refractivity contribution >= 4 is 21.8 Å². The minimum atomic E-state index is -0.228. The number of nitrogens with zero attached hydrogens (tertiary/aromatic N) is 5. The smallest absolute Gasteiger partial charge is 0.164 e. The van der Waals surface area contributed by atoms with Crippen LogP contribution in [-0.4, -0.2) is 24.3 Å². The molecule has 0 saturated heterocycles. The Kier molecular flexibility index (Phi) is 8.61. The fourth-order valence-electron chi connectivity index (χ4n) is 6.86. The minimum Gasteiger partial charge on any atom is -0.457 e. The molecule has 4 aromatic carbocycles. The van der Waals surface area contributed by atoms with Crippen LogP contribution in [0.15, 0.2) is 103 Å². The second kappa shape index (κ2) is 12.8. The molecular formula is C45H49N5O. The summed E-state index contributed by atoms with van der Waals surface area (Å²) < 4.78 is 10.9. The number of hydrogen-bond donors (Lipinski definition) is 0. The Morgan fingerprint density at radius 1 is 0.627 bits per heavy atom. The number of para-hydroxylation sites is 1. The van der Waals surface area contributed by atoms with E-state index in [-0.39, 0.29) is 10.8 Å². The number of rotatable bonds is 7. The van der Waals surface area contributed by atoms with Crippen molar-refractivity contribution in [1.82, 2.24) is 24.3 Å². The van der Waals surface area contributed by atoms with Gasteiger partial charge in [0, 0.05) is 40.1 Å². The van der Waals surface area contributed by atoms with Crippen molar-refractivity contribution in [3.05, 3.63) is 126 Å². The van der Waals surface area contributed by atoms with Gasteiger partial charge in [0.1, 0.15) is 17.3 Å². The first-order chi connectivity index (χ1) is 24.2. The quantitative estimate of drug-likeness (QED) is 0.169. The van der Waals surface area contributed by atoms with E-state index >= 15 is 0 Å². The number of fused-ring (bicyclic) bond motifs is 3. The summed E-state index contributed by atoms with van der Waals surface area (Å²) >= 11 is 0. The summed E-state index contributed by atoms with van der Waals surface area (Å²) in [4.78, 5) is 10.1. The van der Waals surface area contributed by atoms with Crippen LogP contribution in [0.1, 0.15) is 104 Å². The lowest BCUT2D eigenvalue weighted by Crippen LogP contribution is -2.14. The van der Waals surface area contributed by atoms with E-state index in [9.17, 15) is 0 Å². The van der Waals surface area contributed by atoms with Gasteiger partial charge in [-0.15, -0.1) is 0 Å². The number of ether oxygens (including phenoxy) is 1. The third-order valence-electron chi connectivity index (χ3n) is 9.66. The van der Waals surface area contributed by atoms with Gasteiger partial charge in [0.15, 0.2) is 11.6 Å². The summed E-state index contributed by atoms with van der Waals surface area (Å²) in [5.74, 6) is 4.69. The largest absolute Gasteiger partial charge is 0.457 e. The third kappa shape index (κ3) is 6.44. The summed E-state index contributed by atoms with van der Waals surface area (Å²) in [6.07, 6.45) is 1.91. The van der Waals surface area contributed by atoms with Gasteiger partial charge in [-0.25, -0.2) is 14.6 Å². The monoisotopic (exact) mass is 675 g/mol. The van der Waals surface area contributed by atoms with Crippen LogP contribution in [0.25, 0.3) is 44.7 Å². The van der Waals surface area contributed by atoms with Crippen molar-refractivity contribution < 1.29 is 4.74 Å². The van der Waals surface area contributed by atoms with Gasteiger partial charge in [0.2, 0.25) is 0 Å². The van der Waals surface area contributed by atoms with Crippen molar-refractivity contribution in [3.63, 3.8) is 0 Å². The van der Waals surface area contributed by atoms with Crippen LogP contribution in [-0.2, 0) is 10.8 Å². The molecule has 0 spiro atoms. The number of aromatic nitrogens is 5. The Morgan fingerprint density at radius 2 is 1.29 bits per heavy atom. The van der Waals surface area contributed by atoms with Crippen molar-refractivity contribution in [2.24, 2.45) is 0 Å². The molecule has 7 aromatic rings. The molecule has 0 atom stereocenters. The molecule has 0 N–H and O–H groups in total. The maximum atomic E-state index is 6.66. The van der Waals surface area contributed by atoms with Gasteiger partial charge in [-0.1, -0.05) is 112 Å². The van der Waals surface area contributed by atoms with E-state index in [4.69, 9.17) is 19.8 Å². The standard InChI is InChI=1S/C45H49N5O/c1-28(2)34-18-14-19-35(29(3)4)41(34)42-47-43(45(8,9)10)48-50(42)31-15-13-16-32(26-31)51-33-21-22-37-36-17-11-12-20-38(36)49(39(37)27-33)40-25-30(23-24-46-40)44(5,6)7/h11-29H,1-10H3. The fraction of sp³-hybridized carbons (Fsp3) is 0.311. The first-order valence-electron chi connectivity index (χ1n) is 18.1. The highest BCUT2D eigenvalue weighted by atomic mass is 16.5. The SMILES string of the molecule is CC(C)c1cccc(C(C)C)c1-c1nc(C(C)(C)C)nn1-c1cccc(Oc2ccc3c4ccccc4n(-c4cc(C(C)(C)C)ccn4)c3c2)c1. The van der Waals surface area contributed by atoms with E-state index in [0.29, 0.717) is 11.8 Å². The van der Waals surface area contributed by atoms with Gasteiger partial charge >= 0.3 is 0 Å². The number of benzene rings is 4. The molecule has 0 saturated carbocycles. The lowest BCUT2D eigenvalue weighted by molar-refractivity contribution is 0.482. The van der Waals surface area contributed by atoms with Crippen LogP contribution in [0.5, 0.6) is 11.5 Å². The second-order valence-electron chi connectivity index (χ2n) is 16.3. The highest BCUT2D eigenvalue weighted by Gasteiger charge is 2.27. The maximum absolute atomic E-state index is 6.66. The molecule has 3 aromatic heterocycles. The molecule has 0 aliphatic rings. The van der Waals surface area contributed by atoms with Crippen LogP contribution < -0.4 is 4.74 Å². The van der Waals surface area contributed by atoms with E-state index in [0.717, 1.165) is 51.1 Å². The minimum absolute atomic E-state index is 0.000561. The van der Waals surface area contributed by atoms with E-state index in [2.05, 4.69) is 159 Å². The van der Waals surface area contributed by atoms with Crippen molar-refractivity contribution in [3.8, 4) is 34.4 Å². The third-order valence-corrected chi connectivity index (χ3v) is 9.66. The predicted octanol–water partition coefficient (Wildman–Crippen LogP) is 12.1. The number of hydrogen-bond acceptors (Lipinski definition) is 4. The van der Waals surface area contributed by atoms with Crippen molar-refractivity contribution in [2.45, 2.75) is 91.9 Å². The fourth-order valence-corrected chi connectivity index (χ4v) is 6.86. The molecule has 7 rings (SSSR count). The lowest BCUT2D eigenvalue weighted by atomic mass is 9.88. The molecule has 0 fully saturated rings. The molecule has 0 bridgehead atoms. The Labute approximate surface area is 302 Å². The zero-order valence-electron chi connectivity index (χ0n) is 31.6. The van der Waals surface area contributed by atoms with Gasteiger partial charge in [-0.3, -0.25) is 4.57 Å². The molecule has 0 radical (unpaired) electrons. The molecule has 6 heteroatoms. The number of pyridine rings is 1. The van der Waals surface area contributed by atoms with Crippen LogP contribution in [0.4, 0.5) is 0 Å². The summed E-state index contributed by atoms with van der Waals surface area (Å²) in [6.45, 7) is 22.2. The summed E-state index contributed by atoms with van der Waals surface area (Å²) in [6, 6.07) is 34.0. The molecule has 0 aliphatic carbocycles. The van der Waals surface area contributed by atoms with E-state index in [1.54, 1.807) is 0 Å². The predicted molar refractivity (Wildman–Crippen MR) is 211 cm³/mol. The van der Waals surface area contributed by atoms with Crippen molar-refractivity contribution in [1.29, 1.82) is 0 Å². The van der Waals surface area contributed by atoms with Gasteiger partial charge in [0.25, 0.3) is 0 Å². The molecule has 0 aliphatic heterocycles. The average molecular weight is 676 g/mol. The summed E-state index contributed by atoms with van der Waals surface area (Å²) in [7, 11) is 0. The maximum Gasteiger partial charge on any atom is 0.164 e. The van der Waals surface area contributed by atoms with Gasteiger partial charge in [0.05, 0.1) is 16.7 Å². The second-order valence-corrected chi connectivity index (χ2v) is 16.3. The average Bonchev–Trinajstić information content (AvgIpc) is 3.68. The molecule has 0 amide bonds. The molecule has 51 heavy (non-hydrogen) atoms. The van der Waals surface area contributed by atoms with Gasteiger partial charge in [-0.2, -0.15) is 5.10 Å². The highest BCUT2D eigenvalue weighted by molar-refractivity contribution is 6.09. The van der Waals surface area contributed by atoms with E-state index in [1.165, 1.54) is 27.6 Å². The Bertz CT molecular complexity index is 2350. The lowest BCUT2D eigenvalue weighted by Gasteiger charge is -2.20. The van der Waals surface area contributed by atoms with Gasteiger partial charge < -0.3 is 4.74 Å². The molecule has 6 nitrogen and oxygen atoms in total. The Balaban J connectivity index is 1.34. The molecule has 3 heterocycles. The van der Waals surface area contributed by atoms with Crippen LogP contribution in [0.3, 0.4) is 0 Å². The van der Waals surface area contributed by atoms with Crippen molar-refractivity contribution in [2.75, 3.05) is 0 Å². The van der Waals surface area contributed by atoms with Gasteiger partial charge in [-0.05, 0) is 76.4 Å². The zero-order chi connectivity index (χ0) is 36.2. The summed E-state index contributed by atoms with van der Waals surface area (Å²) in [5, 5.41) is 7.49. The van der Waals surface area contributed by atoms with Crippen LogP contribution in [0.2, 0.25) is 0 Å². The Morgan fingerprint density at radius 3 is 1.98 bits per heavy atom. The Hall–Kier alpha value is -5.23. The molecular weight excluding hydrogens is 627 g/mol. The van der Waals surface area contributed by atoms with Crippen LogP contribution in [0, 0.1) is 0 Å². The van der Waals surface area contributed by atoms with E-state index in [1.807, 2.05) is 23.0 Å². The first kappa shape index (κ1) is 34.2. The summed E-state index contributed by atoms with van der Waals surface area (Å²) in [5.41, 5.74) is 7.78. The van der Waals surface area contributed by atoms with Crippen LogP contribution >= 0.6 is 0 Å². The van der Waals surface area contributed by atoms with E-state index < -0.39 is 0 Å². The highest BCUT2D eigenvalue weighted by Crippen LogP contribution is 2.39. The molecule has 260 valence electrons. The topological polar surface area (TPSA) is 57.8 Å².